The van der Waals surface area contributed by atoms with Crippen LogP contribution in [-0.4, -0.2) is 32.7 Å². The van der Waals surface area contributed by atoms with Gasteiger partial charge in [-0.05, 0) is 31.9 Å². The Labute approximate surface area is 145 Å². The van der Waals surface area contributed by atoms with Crippen LogP contribution >= 0.6 is 0 Å². The number of hydrogen-bond acceptors (Lipinski definition) is 6. The fourth-order valence-electron chi connectivity index (χ4n) is 2.68. The summed E-state index contributed by atoms with van der Waals surface area (Å²) in [5, 5.41) is 19.0. The number of fused-ring (bicyclic) bond motifs is 1. The van der Waals surface area contributed by atoms with Gasteiger partial charge in [0.15, 0.2) is 9.84 Å². The maximum Gasteiger partial charge on any atom is 0.175 e. The quantitative estimate of drug-likeness (QED) is 0.374. The van der Waals surface area contributed by atoms with E-state index in [2.05, 4.69) is 11.7 Å². The molecule has 0 fully saturated rings. The lowest BCUT2D eigenvalue weighted by Crippen LogP contribution is -2.10. The number of ether oxygens (including phenoxy) is 1. The second-order valence-electron chi connectivity index (χ2n) is 5.63. The summed E-state index contributed by atoms with van der Waals surface area (Å²) in [7, 11) is -3.63. The number of hydrogen-bond donors (Lipinski definition) is 1. The topological polar surface area (TPSA) is 99.8 Å². The summed E-state index contributed by atoms with van der Waals surface area (Å²) >= 11 is 0. The molecule has 2 rings (SSSR count). The van der Waals surface area contributed by atoms with Crippen molar-refractivity contribution in [1.29, 1.82) is 5.26 Å². The van der Waals surface area contributed by atoms with Gasteiger partial charge in [-0.3, -0.25) is 4.99 Å². The molecule has 0 bridgehead atoms. The number of benzene rings is 1. The van der Waals surface area contributed by atoms with E-state index in [0.29, 0.717) is 11.3 Å². The van der Waals surface area contributed by atoms with Gasteiger partial charge in [-0.1, -0.05) is 0 Å². The van der Waals surface area contributed by atoms with Gasteiger partial charge in [-0.2, -0.15) is 5.26 Å². The van der Waals surface area contributed by atoms with Crippen LogP contribution in [0.3, 0.4) is 0 Å². The number of nitrogens with zero attached hydrogens (tertiary/aromatic N) is 2. The second-order valence-corrected chi connectivity index (χ2v) is 7.61. The molecule has 1 aromatic carbocycles. The molecule has 2 atom stereocenters. The van der Waals surface area contributed by atoms with Gasteiger partial charge in [-0.25, -0.2) is 12.8 Å². The Morgan fingerprint density at radius 1 is 1.56 bits per heavy atom. The van der Waals surface area contributed by atoms with Crippen molar-refractivity contribution in [2.45, 2.75) is 30.5 Å². The van der Waals surface area contributed by atoms with Crippen molar-refractivity contribution in [1.82, 2.24) is 0 Å². The largest absolute Gasteiger partial charge is 0.462 e. The molecular formula is C17H17FN2O4S. The SMILES string of the molecule is C=N/C=C(C#N)\C=C(/C)Oc1ccc(S(C)(=O)=O)c2c1C[C@@H](F)[C@H]2O. The number of nitriles is 1. The first kappa shape index (κ1) is 18.8. The highest BCUT2D eigenvalue weighted by Crippen LogP contribution is 2.42. The normalized spacial score (nSPS) is 20.8. The predicted octanol–water partition coefficient (Wildman–Crippen LogP) is 2.41. The molecule has 1 aliphatic carbocycles. The third kappa shape index (κ3) is 3.95. The number of aliphatic hydroxyl groups excluding tert-OH is 1. The van der Waals surface area contributed by atoms with Crippen LogP contribution < -0.4 is 4.74 Å². The van der Waals surface area contributed by atoms with E-state index in [1.54, 1.807) is 6.92 Å². The van der Waals surface area contributed by atoms with Crippen molar-refractivity contribution in [3.8, 4) is 11.8 Å². The van der Waals surface area contributed by atoms with Gasteiger partial charge in [0.25, 0.3) is 0 Å². The van der Waals surface area contributed by atoms with Crippen molar-refractivity contribution >= 4 is 16.6 Å². The summed E-state index contributed by atoms with van der Waals surface area (Å²) < 4.78 is 43.4. The molecule has 1 aromatic rings. The van der Waals surface area contributed by atoms with Crippen molar-refractivity contribution in [2.75, 3.05) is 6.26 Å². The smallest absolute Gasteiger partial charge is 0.175 e. The molecule has 0 saturated heterocycles. The Morgan fingerprint density at radius 3 is 2.80 bits per heavy atom. The highest BCUT2D eigenvalue weighted by molar-refractivity contribution is 7.90. The van der Waals surface area contributed by atoms with Gasteiger partial charge in [-0.15, -0.1) is 0 Å². The molecule has 0 spiro atoms. The number of rotatable bonds is 5. The van der Waals surface area contributed by atoms with E-state index in [-0.39, 0.29) is 28.2 Å². The van der Waals surface area contributed by atoms with E-state index in [4.69, 9.17) is 10.00 Å². The van der Waals surface area contributed by atoms with Crippen LogP contribution in [0.2, 0.25) is 0 Å². The zero-order chi connectivity index (χ0) is 18.8. The van der Waals surface area contributed by atoms with E-state index in [9.17, 15) is 17.9 Å². The Morgan fingerprint density at radius 2 is 2.24 bits per heavy atom. The minimum absolute atomic E-state index is 0.0316. The zero-order valence-electron chi connectivity index (χ0n) is 13.7. The minimum atomic E-state index is -3.63. The molecule has 8 heteroatoms. The fourth-order valence-corrected chi connectivity index (χ4v) is 3.64. The molecule has 1 N–H and O–H groups in total. The molecule has 0 aliphatic heterocycles. The first-order valence-electron chi connectivity index (χ1n) is 7.29. The summed E-state index contributed by atoms with van der Waals surface area (Å²) in [5.74, 6) is 0.557. The van der Waals surface area contributed by atoms with Gasteiger partial charge in [0, 0.05) is 30.0 Å². The van der Waals surface area contributed by atoms with Gasteiger partial charge in [0.2, 0.25) is 0 Å². The van der Waals surface area contributed by atoms with Crippen LogP contribution in [0.1, 0.15) is 24.2 Å². The fraction of sp³-hybridized carbons (Fsp3) is 0.294. The molecule has 6 nitrogen and oxygen atoms in total. The summed E-state index contributed by atoms with van der Waals surface area (Å²) in [6.45, 7) is 4.85. The molecule has 0 aromatic heterocycles. The Hall–Kier alpha value is -2.50. The van der Waals surface area contributed by atoms with Crippen molar-refractivity contribution in [2.24, 2.45) is 4.99 Å². The summed E-state index contributed by atoms with van der Waals surface area (Å²) in [6.07, 6.45) is 0.391. The Kier molecular flexibility index (Phi) is 5.40. The summed E-state index contributed by atoms with van der Waals surface area (Å²) in [5.41, 5.74) is 0.546. The predicted molar refractivity (Wildman–Crippen MR) is 90.7 cm³/mol. The van der Waals surface area contributed by atoms with Crippen molar-refractivity contribution in [3.63, 3.8) is 0 Å². The maximum absolute atomic E-state index is 14.0. The van der Waals surface area contributed by atoms with Gasteiger partial charge >= 0.3 is 0 Å². The molecule has 0 amide bonds. The van der Waals surface area contributed by atoms with E-state index in [1.807, 2.05) is 6.07 Å². The monoisotopic (exact) mass is 364 g/mol. The van der Waals surface area contributed by atoms with E-state index >= 15 is 0 Å². The van der Waals surface area contributed by atoms with E-state index in [1.165, 1.54) is 24.4 Å². The third-order valence-electron chi connectivity index (χ3n) is 3.70. The molecule has 0 unspecified atom stereocenters. The van der Waals surface area contributed by atoms with Crippen LogP contribution in [0.5, 0.6) is 5.75 Å². The number of aliphatic hydroxyl groups is 1. The van der Waals surface area contributed by atoms with Crippen LogP contribution in [-0.2, 0) is 16.3 Å². The number of allylic oxidation sites excluding steroid dienone is 3. The first-order chi connectivity index (χ1) is 11.7. The molecule has 0 saturated carbocycles. The number of sulfone groups is 1. The van der Waals surface area contributed by atoms with Gasteiger partial charge in [0.05, 0.1) is 10.5 Å². The molecule has 1 aliphatic rings. The third-order valence-corrected chi connectivity index (χ3v) is 4.86. The Balaban J connectivity index is 2.49. The summed E-state index contributed by atoms with van der Waals surface area (Å²) in [4.78, 5) is 3.39. The van der Waals surface area contributed by atoms with Crippen LogP contribution in [0, 0.1) is 11.3 Å². The molecule has 132 valence electrons. The number of halogens is 1. The maximum atomic E-state index is 14.0. The van der Waals surface area contributed by atoms with Gasteiger partial charge in [0.1, 0.15) is 29.9 Å². The lowest BCUT2D eigenvalue weighted by atomic mass is 10.1. The molecule has 0 radical (unpaired) electrons. The highest BCUT2D eigenvalue weighted by atomic mass is 32.2. The number of alkyl halides is 1. The average Bonchev–Trinajstić information content (AvgIpc) is 2.82. The van der Waals surface area contributed by atoms with Crippen LogP contribution in [0.15, 0.2) is 45.6 Å². The van der Waals surface area contributed by atoms with Crippen LogP contribution in [0.25, 0.3) is 0 Å². The molecule has 25 heavy (non-hydrogen) atoms. The van der Waals surface area contributed by atoms with Gasteiger partial charge < -0.3 is 9.84 Å². The summed E-state index contributed by atoms with van der Waals surface area (Å²) in [6, 6.07) is 4.60. The van der Waals surface area contributed by atoms with E-state index < -0.39 is 22.1 Å². The lowest BCUT2D eigenvalue weighted by Gasteiger charge is -2.14. The number of aliphatic imine (C=N–C) groups is 1. The molecular weight excluding hydrogens is 347 g/mol. The Bertz CT molecular complexity index is 913. The highest BCUT2D eigenvalue weighted by Gasteiger charge is 2.37. The van der Waals surface area contributed by atoms with E-state index in [0.717, 1.165) is 6.26 Å². The molecule has 0 heterocycles. The second kappa shape index (κ2) is 7.17. The van der Waals surface area contributed by atoms with Crippen molar-refractivity contribution < 1.29 is 22.7 Å². The average molecular weight is 364 g/mol. The minimum Gasteiger partial charge on any atom is -0.462 e. The first-order valence-corrected chi connectivity index (χ1v) is 9.18. The standard InChI is InChI=1S/C17H17FN2O4S/c1-10(6-11(8-19)9-20-2)24-14-4-5-15(25(3,22)23)16-12(14)7-13(18)17(16)21/h4-6,9,13,17,21H,2,7H2,1,3H3/b10-6+,11-9+/t13-,17-/m1/s1. The zero-order valence-corrected chi connectivity index (χ0v) is 14.5. The lowest BCUT2D eigenvalue weighted by molar-refractivity contribution is 0.0907. The van der Waals surface area contributed by atoms with Crippen molar-refractivity contribution in [3.05, 3.63) is 46.9 Å². The van der Waals surface area contributed by atoms with Crippen LogP contribution in [0.4, 0.5) is 4.39 Å².